The van der Waals surface area contributed by atoms with Gasteiger partial charge in [0.15, 0.2) is 0 Å². The SMILES string of the molecule is CC(C)C(O)(C(=O)OCC1=CCN2CCC(O)C12)C(C)OC(=O)C=Cc1ccc(O)cc1. The number of fused-ring (bicyclic) bond motifs is 1. The molecule has 4 unspecified atom stereocenters. The number of carbonyl (C=O) groups is 2. The number of hydrogen-bond donors (Lipinski definition) is 3. The third-order valence-corrected chi connectivity index (χ3v) is 6.23. The summed E-state index contributed by atoms with van der Waals surface area (Å²) in [7, 11) is 0. The molecule has 0 radical (unpaired) electrons. The van der Waals surface area contributed by atoms with E-state index in [2.05, 4.69) is 4.90 Å². The minimum absolute atomic E-state index is 0.0342. The lowest BCUT2D eigenvalue weighted by molar-refractivity contribution is -0.191. The number of esters is 2. The predicted molar refractivity (Wildman–Crippen MR) is 118 cm³/mol. The van der Waals surface area contributed by atoms with Crippen LogP contribution < -0.4 is 0 Å². The topological polar surface area (TPSA) is 117 Å². The van der Waals surface area contributed by atoms with Crippen molar-refractivity contribution in [1.82, 2.24) is 4.90 Å². The molecule has 0 spiro atoms. The fourth-order valence-electron chi connectivity index (χ4n) is 4.21. The number of aliphatic hydroxyl groups is 2. The molecule has 2 aliphatic heterocycles. The Morgan fingerprint density at radius 1 is 1.25 bits per heavy atom. The Labute approximate surface area is 187 Å². The standard InChI is InChI=1S/C24H31NO7/c1-15(2)24(30,16(3)32-21(28)9-6-17-4-7-19(26)8-5-17)23(29)31-14-18-10-12-25-13-11-20(27)22(18)25/h4-10,15-16,20,22,26-27,30H,11-14H2,1-3H3. The number of rotatable bonds is 8. The average Bonchev–Trinajstić information content (AvgIpc) is 3.33. The van der Waals surface area contributed by atoms with Crippen LogP contribution in [0.2, 0.25) is 0 Å². The van der Waals surface area contributed by atoms with Crippen LogP contribution in [0.1, 0.15) is 32.8 Å². The molecule has 3 rings (SSSR count). The number of aliphatic hydroxyl groups excluding tert-OH is 1. The van der Waals surface area contributed by atoms with Crippen molar-refractivity contribution in [2.45, 2.75) is 51.0 Å². The van der Waals surface area contributed by atoms with Crippen LogP contribution in [0.15, 0.2) is 42.0 Å². The van der Waals surface area contributed by atoms with Crippen LogP contribution in [0.5, 0.6) is 5.75 Å². The summed E-state index contributed by atoms with van der Waals surface area (Å²) in [4.78, 5) is 27.2. The van der Waals surface area contributed by atoms with E-state index in [-0.39, 0.29) is 18.4 Å². The average molecular weight is 446 g/mol. The Morgan fingerprint density at radius 3 is 2.59 bits per heavy atom. The first kappa shape index (κ1) is 24.0. The molecule has 0 bridgehead atoms. The molecule has 8 nitrogen and oxygen atoms in total. The summed E-state index contributed by atoms with van der Waals surface area (Å²) in [6.07, 6.45) is 3.66. The molecule has 0 aliphatic carbocycles. The zero-order valence-electron chi connectivity index (χ0n) is 18.6. The van der Waals surface area contributed by atoms with Gasteiger partial charge in [-0.1, -0.05) is 32.1 Å². The summed E-state index contributed by atoms with van der Waals surface area (Å²) in [5, 5.41) is 30.6. The summed E-state index contributed by atoms with van der Waals surface area (Å²) in [5.74, 6) is -2.06. The van der Waals surface area contributed by atoms with Crippen molar-refractivity contribution in [2.75, 3.05) is 19.7 Å². The molecule has 4 atom stereocenters. The highest BCUT2D eigenvalue weighted by molar-refractivity contribution is 5.88. The van der Waals surface area contributed by atoms with Gasteiger partial charge in [-0.25, -0.2) is 9.59 Å². The van der Waals surface area contributed by atoms with Gasteiger partial charge < -0.3 is 24.8 Å². The van der Waals surface area contributed by atoms with Crippen LogP contribution in [0.3, 0.4) is 0 Å². The Kier molecular flexibility index (Phi) is 7.38. The van der Waals surface area contributed by atoms with Crippen LogP contribution in [0.25, 0.3) is 6.08 Å². The maximum atomic E-state index is 12.9. The van der Waals surface area contributed by atoms with E-state index in [1.165, 1.54) is 31.2 Å². The Morgan fingerprint density at radius 2 is 1.94 bits per heavy atom. The lowest BCUT2D eigenvalue weighted by Crippen LogP contribution is -2.55. The maximum absolute atomic E-state index is 12.9. The second-order valence-electron chi connectivity index (χ2n) is 8.63. The van der Waals surface area contributed by atoms with Gasteiger partial charge in [-0.15, -0.1) is 0 Å². The molecule has 174 valence electrons. The van der Waals surface area contributed by atoms with Crippen LogP contribution in [-0.4, -0.2) is 75.7 Å². The smallest absolute Gasteiger partial charge is 0.342 e. The first-order valence-corrected chi connectivity index (χ1v) is 10.8. The van der Waals surface area contributed by atoms with Crippen LogP contribution >= 0.6 is 0 Å². The summed E-state index contributed by atoms with van der Waals surface area (Å²) < 4.78 is 10.7. The lowest BCUT2D eigenvalue weighted by atomic mass is 9.85. The van der Waals surface area contributed by atoms with Crippen LogP contribution in [0, 0.1) is 5.92 Å². The number of ether oxygens (including phenoxy) is 2. The van der Waals surface area contributed by atoms with Gasteiger partial charge in [-0.3, -0.25) is 4.90 Å². The van der Waals surface area contributed by atoms with E-state index in [1.807, 2.05) is 6.08 Å². The quantitative estimate of drug-likeness (QED) is 0.314. The van der Waals surface area contributed by atoms with Gasteiger partial charge in [0.2, 0.25) is 5.60 Å². The summed E-state index contributed by atoms with van der Waals surface area (Å²) in [5.41, 5.74) is -0.537. The first-order chi connectivity index (χ1) is 15.1. The summed E-state index contributed by atoms with van der Waals surface area (Å²) in [6.45, 7) is 6.20. The molecule has 0 saturated carbocycles. The van der Waals surface area contributed by atoms with E-state index >= 15 is 0 Å². The molecule has 2 heterocycles. The molecule has 1 fully saturated rings. The summed E-state index contributed by atoms with van der Waals surface area (Å²) >= 11 is 0. The molecule has 0 aromatic heterocycles. The third-order valence-electron chi connectivity index (χ3n) is 6.23. The first-order valence-electron chi connectivity index (χ1n) is 10.8. The van der Waals surface area contributed by atoms with Gasteiger partial charge >= 0.3 is 11.9 Å². The van der Waals surface area contributed by atoms with Gasteiger partial charge in [0.1, 0.15) is 18.5 Å². The fraction of sp³-hybridized carbons (Fsp3) is 0.500. The van der Waals surface area contributed by atoms with Gasteiger partial charge in [-0.05, 0) is 48.6 Å². The number of hydrogen-bond acceptors (Lipinski definition) is 8. The number of phenolic OH excluding ortho intramolecular Hbond substituents is 1. The Bertz CT molecular complexity index is 892. The van der Waals surface area contributed by atoms with Crippen LogP contribution in [-0.2, 0) is 19.1 Å². The molecule has 1 saturated heterocycles. The Hall–Kier alpha value is -2.68. The number of aromatic hydroxyl groups is 1. The second kappa shape index (κ2) is 9.85. The maximum Gasteiger partial charge on any atom is 0.342 e. The van der Waals surface area contributed by atoms with Crippen molar-refractivity contribution in [3.05, 3.63) is 47.6 Å². The van der Waals surface area contributed by atoms with Crippen LogP contribution in [0.4, 0.5) is 0 Å². The van der Waals surface area contributed by atoms with E-state index < -0.39 is 35.7 Å². The van der Waals surface area contributed by atoms with Gasteiger partial charge in [0, 0.05) is 19.2 Å². The highest BCUT2D eigenvalue weighted by Gasteiger charge is 2.49. The Balaban J connectivity index is 1.60. The highest BCUT2D eigenvalue weighted by atomic mass is 16.6. The van der Waals surface area contributed by atoms with Crippen molar-refractivity contribution in [1.29, 1.82) is 0 Å². The predicted octanol–water partition coefficient (Wildman–Crippen LogP) is 1.64. The van der Waals surface area contributed by atoms with Crippen molar-refractivity contribution in [3.8, 4) is 5.75 Å². The summed E-state index contributed by atoms with van der Waals surface area (Å²) in [6, 6.07) is 6.08. The van der Waals surface area contributed by atoms with E-state index in [1.54, 1.807) is 26.0 Å². The lowest BCUT2D eigenvalue weighted by Gasteiger charge is -2.34. The number of nitrogens with zero attached hydrogens (tertiary/aromatic N) is 1. The molecule has 2 aliphatic rings. The van der Waals surface area contributed by atoms with Gasteiger partial charge in [0.25, 0.3) is 0 Å². The monoisotopic (exact) mass is 445 g/mol. The number of benzene rings is 1. The number of carbonyl (C=O) groups excluding carboxylic acids is 2. The van der Waals surface area contributed by atoms with E-state index in [0.717, 1.165) is 12.1 Å². The minimum atomic E-state index is -2.03. The van der Waals surface area contributed by atoms with Gasteiger partial charge in [-0.2, -0.15) is 0 Å². The fourth-order valence-corrected chi connectivity index (χ4v) is 4.21. The zero-order chi connectivity index (χ0) is 23.5. The van der Waals surface area contributed by atoms with E-state index in [0.29, 0.717) is 18.5 Å². The zero-order valence-corrected chi connectivity index (χ0v) is 18.6. The van der Waals surface area contributed by atoms with E-state index in [4.69, 9.17) is 9.47 Å². The highest BCUT2D eigenvalue weighted by Crippen LogP contribution is 2.31. The van der Waals surface area contributed by atoms with Gasteiger partial charge in [0.05, 0.1) is 12.1 Å². The van der Waals surface area contributed by atoms with Crippen molar-refractivity contribution >= 4 is 18.0 Å². The molecule has 3 N–H and O–H groups in total. The minimum Gasteiger partial charge on any atom is -0.508 e. The molecule has 32 heavy (non-hydrogen) atoms. The molecule has 8 heteroatoms. The molecule has 0 amide bonds. The normalized spacial score (nSPS) is 23.6. The third kappa shape index (κ3) is 5.03. The molecule has 1 aromatic rings. The van der Waals surface area contributed by atoms with Crippen molar-refractivity contribution in [3.63, 3.8) is 0 Å². The van der Waals surface area contributed by atoms with Crippen molar-refractivity contribution < 1.29 is 34.4 Å². The van der Waals surface area contributed by atoms with E-state index in [9.17, 15) is 24.9 Å². The number of phenols is 1. The second-order valence-corrected chi connectivity index (χ2v) is 8.63. The molecular weight excluding hydrogens is 414 g/mol. The van der Waals surface area contributed by atoms with Crippen molar-refractivity contribution in [2.24, 2.45) is 5.92 Å². The molecular formula is C24H31NO7. The molecule has 1 aromatic carbocycles. The largest absolute Gasteiger partial charge is 0.508 e.